The molecule has 0 saturated heterocycles. The molecule has 5 nitrogen and oxygen atoms in total. The van der Waals surface area contributed by atoms with Gasteiger partial charge in [0.1, 0.15) is 0 Å². The minimum Gasteiger partial charge on any atom is -0.366 e. The van der Waals surface area contributed by atoms with E-state index < -0.39 is 15.9 Å². The van der Waals surface area contributed by atoms with Crippen LogP contribution in [0.5, 0.6) is 0 Å². The molecule has 0 aliphatic rings. The van der Waals surface area contributed by atoms with E-state index in [0.29, 0.717) is 11.3 Å². The molecule has 2 aromatic rings. The van der Waals surface area contributed by atoms with Crippen LogP contribution in [0.3, 0.4) is 0 Å². The Hall–Kier alpha value is -2.60. The molecule has 1 amide bonds. The molecule has 0 aromatic heterocycles. The maximum atomic E-state index is 12.2. The van der Waals surface area contributed by atoms with E-state index in [9.17, 15) is 13.2 Å². The van der Waals surface area contributed by atoms with Crippen LogP contribution in [0.4, 0.5) is 5.69 Å². The Morgan fingerprint density at radius 2 is 1.71 bits per heavy atom. The highest BCUT2D eigenvalue weighted by Gasteiger charge is 2.14. The summed E-state index contributed by atoms with van der Waals surface area (Å²) in [5, 5.41) is 0. The maximum Gasteiger partial charge on any atom is 0.261 e. The van der Waals surface area contributed by atoms with Crippen LogP contribution in [0.15, 0.2) is 66.1 Å². The number of primary amides is 1. The number of sulfonamides is 1. The van der Waals surface area contributed by atoms with Gasteiger partial charge in [0.25, 0.3) is 10.0 Å². The van der Waals surface area contributed by atoms with Gasteiger partial charge in [0, 0.05) is 11.3 Å². The third kappa shape index (κ3) is 3.49. The van der Waals surface area contributed by atoms with Crippen LogP contribution in [0.25, 0.3) is 5.57 Å². The van der Waals surface area contributed by atoms with Crippen molar-refractivity contribution in [3.05, 3.63) is 66.7 Å². The van der Waals surface area contributed by atoms with Crippen LogP contribution in [-0.2, 0) is 14.8 Å². The summed E-state index contributed by atoms with van der Waals surface area (Å²) in [5.41, 5.74) is 6.08. The summed E-state index contributed by atoms with van der Waals surface area (Å²) >= 11 is 0. The molecule has 6 heteroatoms. The molecule has 2 aromatic carbocycles. The van der Waals surface area contributed by atoms with E-state index in [-0.39, 0.29) is 10.5 Å². The predicted octanol–water partition coefficient (Wildman–Crippen LogP) is 1.99. The van der Waals surface area contributed by atoms with Crippen LogP contribution in [0, 0.1) is 0 Å². The third-order valence-electron chi connectivity index (χ3n) is 2.81. The predicted molar refractivity (Wildman–Crippen MR) is 81.9 cm³/mol. The average molecular weight is 302 g/mol. The van der Waals surface area contributed by atoms with Crippen molar-refractivity contribution >= 4 is 27.2 Å². The molecule has 0 heterocycles. The molecule has 3 N–H and O–H groups in total. The fraction of sp³-hybridized carbons (Fsp3) is 0. The van der Waals surface area contributed by atoms with Crippen molar-refractivity contribution in [2.24, 2.45) is 5.73 Å². The van der Waals surface area contributed by atoms with E-state index in [2.05, 4.69) is 11.3 Å². The lowest BCUT2D eigenvalue weighted by Crippen LogP contribution is -2.14. The second-order valence-electron chi connectivity index (χ2n) is 4.34. The van der Waals surface area contributed by atoms with Gasteiger partial charge in [0.15, 0.2) is 0 Å². The van der Waals surface area contributed by atoms with Crippen LogP contribution < -0.4 is 10.5 Å². The molecule has 0 atom stereocenters. The highest BCUT2D eigenvalue weighted by molar-refractivity contribution is 7.92. The minimum absolute atomic E-state index is 0.121. The molecule has 0 unspecified atom stereocenters. The fourth-order valence-corrected chi connectivity index (χ4v) is 2.80. The number of nitrogens with two attached hydrogens (primary N) is 1. The lowest BCUT2D eigenvalue weighted by Gasteiger charge is -2.09. The minimum atomic E-state index is -3.67. The molecule has 0 fully saturated rings. The molecule has 0 saturated carbocycles. The van der Waals surface area contributed by atoms with Crippen molar-refractivity contribution in [2.75, 3.05) is 4.72 Å². The van der Waals surface area contributed by atoms with Gasteiger partial charge in [0.2, 0.25) is 5.91 Å². The van der Waals surface area contributed by atoms with Crippen LogP contribution in [0.1, 0.15) is 5.56 Å². The smallest absolute Gasteiger partial charge is 0.261 e. The summed E-state index contributed by atoms with van der Waals surface area (Å²) in [6, 6.07) is 14.3. The summed E-state index contributed by atoms with van der Waals surface area (Å²) in [4.78, 5) is 11.3. The molecular weight excluding hydrogens is 288 g/mol. The first-order valence-corrected chi connectivity index (χ1v) is 7.55. The number of carbonyl (C=O) groups is 1. The summed E-state index contributed by atoms with van der Waals surface area (Å²) in [6.07, 6.45) is 0. The lowest BCUT2D eigenvalue weighted by atomic mass is 10.1. The first-order valence-electron chi connectivity index (χ1n) is 6.07. The number of hydrogen-bond acceptors (Lipinski definition) is 3. The van der Waals surface area contributed by atoms with Gasteiger partial charge in [-0.1, -0.05) is 36.9 Å². The normalized spacial score (nSPS) is 10.9. The SMILES string of the molecule is C=C(C(N)=O)c1cccc(NS(=O)(=O)c2ccccc2)c1. The second-order valence-corrected chi connectivity index (χ2v) is 6.02. The monoisotopic (exact) mass is 302 g/mol. The summed E-state index contributed by atoms with van der Waals surface area (Å²) in [6.45, 7) is 3.57. The molecule has 0 spiro atoms. The Labute approximate surface area is 123 Å². The van der Waals surface area contributed by atoms with E-state index in [0.717, 1.165) is 0 Å². The van der Waals surface area contributed by atoms with Crippen LogP contribution in [-0.4, -0.2) is 14.3 Å². The molecule has 0 bridgehead atoms. The third-order valence-corrected chi connectivity index (χ3v) is 4.21. The second kappa shape index (κ2) is 5.80. The van der Waals surface area contributed by atoms with Crippen molar-refractivity contribution in [3.8, 4) is 0 Å². The Bertz CT molecular complexity index is 784. The molecule has 2 rings (SSSR count). The fourth-order valence-electron chi connectivity index (χ4n) is 1.73. The van der Waals surface area contributed by atoms with Crippen molar-refractivity contribution in [2.45, 2.75) is 4.90 Å². The number of amides is 1. The van der Waals surface area contributed by atoms with Gasteiger partial charge in [0.05, 0.1) is 4.90 Å². The molecule has 108 valence electrons. The zero-order chi connectivity index (χ0) is 15.5. The topological polar surface area (TPSA) is 89.3 Å². The van der Waals surface area contributed by atoms with Crippen molar-refractivity contribution in [1.82, 2.24) is 0 Å². The van der Waals surface area contributed by atoms with Crippen LogP contribution >= 0.6 is 0 Å². The molecule has 21 heavy (non-hydrogen) atoms. The number of nitrogens with one attached hydrogen (secondary N) is 1. The van der Waals surface area contributed by atoms with Gasteiger partial charge < -0.3 is 5.73 Å². The zero-order valence-corrected chi connectivity index (χ0v) is 11.9. The van der Waals surface area contributed by atoms with Gasteiger partial charge in [-0.2, -0.15) is 0 Å². The van der Waals surface area contributed by atoms with Gasteiger partial charge in [-0.05, 0) is 29.8 Å². The largest absolute Gasteiger partial charge is 0.366 e. The molecule has 0 radical (unpaired) electrons. The maximum absolute atomic E-state index is 12.2. The first-order chi connectivity index (χ1) is 9.90. The van der Waals surface area contributed by atoms with E-state index in [1.165, 1.54) is 18.2 Å². The number of benzene rings is 2. The summed E-state index contributed by atoms with van der Waals surface area (Å²) in [5.74, 6) is -0.655. The van der Waals surface area contributed by atoms with Gasteiger partial charge >= 0.3 is 0 Å². The zero-order valence-electron chi connectivity index (χ0n) is 11.1. The lowest BCUT2D eigenvalue weighted by molar-refractivity contribution is -0.112. The van der Waals surface area contributed by atoms with Crippen molar-refractivity contribution < 1.29 is 13.2 Å². The molecule has 0 aliphatic carbocycles. The van der Waals surface area contributed by atoms with Crippen molar-refractivity contribution in [3.63, 3.8) is 0 Å². The number of anilines is 1. The summed E-state index contributed by atoms with van der Waals surface area (Å²) in [7, 11) is -3.67. The summed E-state index contributed by atoms with van der Waals surface area (Å²) < 4.78 is 26.8. The first kappa shape index (κ1) is 14.8. The highest BCUT2D eigenvalue weighted by atomic mass is 32.2. The van der Waals surface area contributed by atoms with Gasteiger partial charge in [-0.3, -0.25) is 9.52 Å². The highest BCUT2D eigenvalue weighted by Crippen LogP contribution is 2.20. The Morgan fingerprint density at radius 3 is 2.33 bits per heavy atom. The quantitative estimate of drug-likeness (QED) is 0.828. The van der Waals surface area contributed by atoms with Gasteiger partial charge in [-0.25, -0.2) is 8.42 Å². The number of hydrogen-bond donors (Lipinski definition) is 2. The van der Waals surface area contributed by atoms with Gasteiger partial charge in [-0.15, -0.1) is 0 Å². The molecular formula is C15H14N2O3S. The van der Waals surface area contributed by atoms with E-state index in [4.69, 9.17) is 5.73 Å². The van der Waals surface area contributed by atoms with E-state index in [1.54, 1.807) is 36.4 Å². The Kier molecular flexibility index (Phi) is 4.09. The average Bonchev–Trinajstić information content (AvgIpc) is 2.47. The number of carbonyl (C=O) groups excluding carboxylic acids is 1. The van der Waals surface area contributed by atoms with Crippen LogP contribution in [0.2, 0.25) is 0 Å². The Balaban J connectivity index is 2.30. The van der Waals surface area contributed by atoms with E-state index >= 15 is 0 Å². The number of rotatable bonds is 5. The standard InChI is InChI=1S/C15H14N2O3S/c1-11(15(16)18)12-6-5-7-13(10-12)17-21(19,20)14-8-3-2-4-9-14/h2-10,17H,1H2,(H2,16,18). The Morgan fingerprint density at radius 1 is 1.05 bits per heavy atom. The van der Waals surface area contributed by atoms with Crippen molar-refractivity contribution in [1.29, 1.82) is 0 Å². The van der Waals surface area contributed by atoms with E-state index in [1.807, 2.05) is 0 Å². The molecule has 0 aliphatic heterocycles.